The Bertz CT molecular complexity index is 489. The summed E-state index contributed by atoms with van der Waals surface area (Å²) in [4.78, 5) is 2.05. The third-order valence-electron chi connectivity index (χ3n) is 3.69. The smallest absolute Gasteiger partial charge is 0.138 e. The van der Waals surface area contributed by atoms with E-state index in [-0.39, 0.29) is 6.23 Å². The largest absolute Gasteiger partial charge is 0.358 e. The van der Waals surface area contributed by atoms with Crippen LogP contribution in [0.15, 0.2) is 42.1 Å². The lowest BCUT2D eigenvalue weighted by Crippen LogP contribution is -2.46. The minimum absolute atomic E-state index is 0.0285. The third-order valence-corrected chi connectivity index (χ3v) is 3.69. The van der Waals surface area contributed by atoms with Crippen molar-refractivity contribution >= 4 is 5.69 Å². The maximum absolute atomic E-state index is 9.30. The molecule has 18 heavy (non-hydrogen) atoms. The van der Waals surface area contributed by atoms with Gasteiger partial charge in [-0.25, -0.2) is 0 Å². The average Bonchev–Trinajstić information content (AvgIpc) is 2.47. The van der Waals surface area contributed by atoms with E-state index in [0.29, 0.717) is 11.6 Å². The summed E-state index contributed by atoms with van der Waals surface area (Å²) in [6.45, 7) is 0.795. The van der Waals surface area contributed by atoms with Gasteiger partial charge in [0.05, 0.1) is 0 Å². The Morgan fingerprint density at radius 2 is 2.11 bits per heavy atom. The quantitative estimate of drug-likeness (QED) is 0.757. The van der Waals surface area contributed by atoms with Crippen molar-refractivity contribution in [3.63, 3.8) is 0 Å². The van der Waals surface area contributed by atoms with Crippen LogP contribution in [0.5, 0.6) is 0 Å². The van der Waals surface area contributed by atoms with Crippen LogP contribution in [0.4, 0.5) is 5.69 Å². The molecule has 0 saturated carbocycles. The number of ether oxygens (including phenoxy) is 1. The molecule has 0 bridgehead atoms. The van der Waals surface area contributed by atoms with Crippen molar-refractivity contribution in [2.75, 3.05) is 11.5 Å². The van der Waals surface area contributed by atoms with E-state index in [2.05, 4.69) is 6.07 Å². The second-order valence-corrected chi connectivity index (χ2v) is 4.81. The molecular formula is C15H16N2O. The van der Waals surface area contributed by atoms with Crippen LogP contribution in [-0.4, -0.2) is 12.8 Å². The average molecular weight is 240 g/mol. The number of anilines is 1. The first-order valence-electron chi connectivity index (χ1n) is 6.46. The molecule has 3 rings (SSSR count). The Morgan fingerprint density at radius 3 is 2.89 bits per heavy atom. The molecule has 1 aromatic rings. The van der Waals surface area contributed by atoms with E-state index < -0.39 is 0 Å². The maximum atomic E-state index is 9.30. The Labute approximate surface area is 107 Å². The zero-order valence-electron chi connectivity index (χ0n) is 10.2. The number of nitriles is 1. The molecule has 1 fully saturated rings. The molecule has 1 aromatic carbocycles. The van der Waals surface area contributed by atoms with E-state index in [4.69, 9.17) is 4.74 Å². The lowest BCUT2D eigenvalue weighted by atomic mass is 9.90. The van der Waals surface area contributed by atoms with Crippen molar-refractivity contribution in [1.29, 1.82) is 5.26 Å². The van der Waals surface area contributed by atoms with Crippen molar-refractivity contribution in [1.82, 2.24) is 0 Å². The summed E-state index contributed by atoms with van der Waals surface area (Å²) >= 11 is 0. The maximum Gasteiger partial charge on any atom is 0.138 e. The highest BCUT2D eigenvalue weighted by atomic mass is 16.5. The molecule has 0 unspecified atom stereocenters. The van der Waals surface area contributed by atoms with Crippen molar-refractivity contribution in [2.24, 2.45) is 5.92 Å². The summed E-state index contributed by atoms with van der Waals surface area (Å²) in [6.07, 6.45) is 5.34. The molecule has 2 heterocycles. The minimum atomic E-state index is 0.0285. The van der Waals surface area contributed by atoms with Gasteiger partial charge in [0.1, 0.15) is 18.0 Å². The van der Waals surface area contributed by atoms with E-state index in [9.17, 15) is 5.26 Å². The first-order chi connectivity index (χ1) is 8.90. The molecule has 0 amide bonds. The number of nitrogens with zero attached hydrogens (tertiary/aromatic N) is 2. The monoisotopic (exact) mass is 240 g/mol. The van der Waals surface area contributed by atoms with Gasteiger partial charge in [-0.1, -0.05) is 18.2 Å². The van der Waals surface area contributed by atoms with Crippen LogP contribution < -0.4 is 4.90 Å². The summed E-state index contributed by atoms with van der Waals surface area (Å²) in [5.41, 5.74) is 1.76. The van der Waals surface area contributed by atoms with Gasteiger partial charge in [0.25, 0.3) is 0 Å². The number of hydrogen-bond acceptors (Lipinski definition) is 3. The predicted octanol–water partition coefficient (Wildman–Crippen LogP) is 3.06. The number of allylic oxidation sites excluding steroid dienone is 2. The zero-order chi connectivity index (χ0) is 12.4. The van der Waals surface area contributed by atoms with Crippen LogP contribution in [0, 0.1) is 17.2 Å². The molecule has 3 nitrogen and oxygen atoms in total. The van der Waals surface area contributed by atoms with Gasteiger partial charge >= 0.3 is 0 Å². The summed E-state index contributed by atoms with van der Waals surface area (Å²) in [5, 5.41) is 9.30. The molecule has 0 aromatic heterocycles. The molecule has 0 radical (unpaired) electrons. The number of benzene rings is 1. The van der Waals surface area contributed by atoms with E-state index in [1.54, 1.807) is 0 Å². The second-order valence-electron chi connectivity index (χ2n) is 4.81. The fourth-order valence-electron chi connectivity index (χ4n) is 2.82. The van der Waals surface area contributed by atoms with Crippen LogP contribution in [0.1, 0.15) is 19.3 Å². The van der Waals surface area contributed by atoms with E-state index in [0.717, 1.165) is 25.1 Å². The third kappa shape index (κ3) is 1.89. The second kappa shape index (κ2) is 4.83. The predicted molar refractivity (Wildman–Crippen MR) is 69.7 cm³/mol. The first kappa shape index (κ1) is 11.3. The van der Waals surface area contributed by atoms with Crippen LogP contribution in [0.3, 0.4) is 0 Å². The standard InChI is InChI=1S/C15H16N2O/c16-11-14-9-8-12-5-4-10-18-15(12)17(14)13-6-2-1-3-7-13/h1-3,6-7,9,12,15H,4-5,8,10H2/t12-,15-/m1/s1. The van der Waals surface area contributed by atoms with Crippen LogP contribution in [-0.2, 0) is 4.74 Å². The number of para-hydroxylation sites is 1. The molecule has 2 aliphatic rings. The Hall–Kier alpha value is -1.79. The molecule has 0 spiro atoms. The summed E-state index contributed by atoms with van der Waals surface area (Å²) in [6, 6.07) is 12.3. The normalized spacial score (nSPS) is 27.1. The van der Waals surface area contributed by atoms with Crippen LogP contribution in [0.2, 0.25) is 0 Å². The highest BCUT2D eigenvalue weighted by Gasteiger charge is 2.35. The van der Waals surface area contributed by atoms with Gasteiger partial charge in [0, 0.05) is 18.2 Å². The van der Waals surface area contributed by atoms with Gasteiger partial charge in [0.2, 0.25) is 0 Å². The fourth-order valence-corrected chi connectivity index (χ4v) is 2.82. The number of rotatable bonds is 1. The van der Waals surface area contributed by atoms with Gasteiger partial charge in [-0.3, -0.25) is 0 Å². The van der Waals surface area contributed by atoms with Gasteiger partial charge < -0.3 is 9.64 Å². The molecule has 92 valence electrons. The summed E-state index contributed by atoms with van der Waals surface area (Å²) < 4.78 is 5.91. The lowest BCUT2D eigenvalue weighted by molar-refractivity contribution is -0.0258. The van der Waals surface area contributed by atoms with Gasteiger partial charge in [0.15, 0.2) is 0 Å². The summed E-state index contributed by atoms with van der Waals surface area (Å²) in [5.74, 6) is 0.510. The van der Waals surface area contributed by atoms with Crippen molar-refractivity contribution < 1.29 is 4.74 Å². The van der Waals surface area contributed by atoms with Crippen LogP contribution >= 0.6 is 0 Å². The van der Waals surface area contributed by atoms with Crippen LogP contribution in [0.25, 0.3) is 0 Å². The molecule has 0 N–H and O–H groups in total. The highest BCUT2D eigenvalue weighted by Crippen LogP contribution is 2.36. The van der Waals surface area contributed by atoms with Crippen molar-refractivity contribution in [2.45, 2.75) is 25.5 Å². The molecule has 0 aliphatic carbocycles. The van der Waals surface area contributed by atoms with E-state index in [1.807, 2.05) is 41.3 Å². The molecular weight excluding hydrogens is 224 g/mol. The number of hydrogen-bond donors (Lipinski definition) is 0. The molecule has 2 atom stereocenters. The molecule has 1 saturated heterocycles. The van der Waals surface area contributed by atoms with Gasteiger partial charge in [-0.15, -0.1) is 0 Å². The molecule has 2 aliphatic heterocycles. The van der Waals surface area contributed by atoms with Crippen molar-refractivity contribution in [3.8, 4) is 6.07 Å². The minimum Gasteiger partial charge on any atom is -0.358 e. The van der Waals surface area contributed by atoms with E-state index in [1.165, 1.54) is 6.42 Å². The summed E-state index contributed by atoms with van der Waals surface area (Å²) in [7, 11) is 0. The lowest BCUT2D eigenvalue weighted by Gasteiger charge is -2.43. The zero-order valence-corrected chi connectivity index (χ0v) is 10.2. The Morgan fingerprint density at radius 1 is 1.28 bits per heavy atom. The van der Waals surface area contributed by atoms with E-state index >= 15 is 0 Å². The van der Waals surface area contributed by atoms with Crippen molar-refractivity contribution in [3.05, 3.63) is 42.1 Å². The van der Waals surface area contributed by atoms with Gasteiger partial charge in [-0.05, 0) is 37.5 Å². The highest BCUT2D eigenvalue weighted by molar-refractivity contribution is 5.57. The Kier molecular flexibility index (Phi) is 3.04. The fraction of sp³-hybridized carbons (Fsp3) is 0.400. The number of fused-ring (bicyclic) bond motifs is 1. The topological polar surface area (TPSA) is 36.3 Å². The first-order valence-corrected chi connectivity index (χ1v) is 6.46. The molecule has 3 heteroatoms. The van der Waals surface area contributed by atoms with Gasteiger partial charge in [-0.2, -0.15) is 5.26 Å². The SMILES string of the molecule is N#CC1=CC[C@H]2CCCO[C@H]2N1c1ccccc1. The Balaban J connectivity index is 1.99.